The Balaban J connectivity index is 1.63. The lowest BCUT2D eigenvalue weighted by Gasteiger charge is -2.24. The van der Waals surface area contributed by atoms with Crippen molar-refractivity contribution in [3.8, 4) is 0 Å². The Hall–Kier alpha value is -0.610. The number of fused-ring (bicyclic) bond motifs is 2. The third-order valence-electron chi connectivity index (χ3n) is 4.06. The molecule has 98 valence electrons. The molecule has 0 heterocycles. The van der Waals surface area contributed by atoms with Crippen molar-refractivity contribution in [3.05, 3.63) is 0 Å². The predicted octanol–water partition coefficient (Wildman–Crippen LogP) is 1.08. The fraction of sp³-hybridized carbons (Fsp3) is 0.923. The average Bonchev–Trinajstić information content (AvgIpc) is 2.88. The van der Waals surface area contributed by atoms with Crippen molar-refractivity contribution in [3.63, 3.8) is 0 Å². The molecule has 4 atom stereocenters. The first-order chi connectivity index (χ1) is 8.19. The van der Waals surface area contributed by atoms with E-state index in [1.165, 1.54) is 25.7 Å². The van der Waals surface area contributed by atoms with E-state index in [4.69, 9.17) is 4.74 Å². The number of rotatable bonds is 6. The number of hydrogen-bond acceptors (Lipinski definition) is 4. The Kier molecular flexibility index (Phi) is 4.40. The third kappa shape index (κ3) is 3.42. The molecule has 0 amide bonds. The first-order valence-corrected chi connectivity index (χ1v) is 6.76. The van der Waals surface area contributed by atoms with Crippen LogP contribution in [0.3, 0.4) is 0 Å². The number of nitrogens with one attached hydrogen (secondary N) is 1. The van der Waals surface area contributed by atoms with Gasteiger partial charge in [-0.05, 0) is 38.0 Å². The summed E-state index contributed by atoms with van der Waals surface area (Å²) >= 11 is 0. The van der Waals surface area contributed by atoms with Gasteiger partial charge < -0.3 is 15.2 Å². The molecule has 0 saturated heterocycles. The molecule has 0 spiro atoms. The van der Waals surface area contributed by atoms with Crippen LogP contribution < -0.4 is 5.32 Å². The molecule has 4 nitrogen and oxygen atoms in total. The molecule has 4 unspecified atom stereocenters. The normalized spacial score (nSPS) is 32.7. The molecular formula is C13H23NO3. The highest BCUT2D eigenvalue weighted by Crippen LogP contribution is 2.44. The lowest BCUT2D eigenvalue weighted by molar-refractivity contribution is -0.145. The van der Waals surface area contributed by atoms with Crippen LogP contribution in [0.25, 0.3) is 0 Å². The quantitative estimate of drug-likeness (QED) is 0.683. The molecule has 17 heavy (non-hydrogen) atoms. The molecule has 2 aliphatic carbocycles. The molecule has 0 aromatic heterocycles. The van der Waals surface area contributed by atoms with Crippen LogP contribution in [-0.2, 0) is 9.53 Å². The van der Waals surface area contributed by atoms with E-state index >= 15 is 0 Å². The van der Waals surface area contributed by atoms with Gasteiger partial charge in [0, 0.05) is 12.6 Å². The van der Waals surface area contributed by atoms with Gasteiger partial charge in [0.15, 0.2) is 0 Å². The van der Waals surface area contributed by atoms with E-state index in [2.05, 4.69) is 5.32 Å². The SMILES string of the molecule is CCOC(=O)CC(O)CNC1CC2CCC1C2. The van der Waals surface area contributed by atoms with E-state index in [0.29, 0.717) is 19.2 Å². The minimum Gasteiger partial charge on any atom is -0.466 e. The maximum absolute atomic E-state index is 11.2. The molecule has 0 aliphatic heterocycles. The van der Waals surface area contributed by atoms with E-state index in [0.717, 1.165) is 11.8 Å². The minimum atomic E-state index is -0.617. The van der Waals surface area contributed by atoms with E-state index in [1.807, 2.05) is 0 Å². The molecule has 2 bridgehead atoms. The average molecular weight is 241 g/mol. The summed E-state index contributed by atoms with van der Waals surface area (Å²) in [5, 5.41) is 13.1. The second-order valence-corrected chi connectivity index (χ2v) is 5.35. The van der Waals surface area contributed by atoms with Crippen molar-refractivity contribution in [2.24, 2.45) is 11.8 Å². The van der Waals surface area contributed by atoms with Crippen LogP contribution in [0.2, 0.25) is 0 Å². The highest BCUT2D eigenvalue weighted by molar-refractivity contribution is 5.69. The topological polar surface area (TPSA) is 58.6 Å². The zero-order valence-corrected chi connectivity index (χ0v) is 10.5. The zero-order valence-electron chi connectivity index (χ0n) is 10.5. The molecule has 0 radical (unpaired) electrons. The van der Waals surface area contributed by atoms with Crippen LogP contribution in [0.15, 0.2) is 0 Å². The summed E-state index contributed by atoms with van der Waals surface area (Å²) in [5.74, 6) is 1.39. The molecule has 2 rings (SSSR count). The molecule has 2 N–H and O–H groups in total. The molecular weight excluding hydrogens is 218 g/mol. The summed E-state index contributed by atoms with van der Waals surface area (Å²) in [4.78, 5) is 11.2. The van der Waals surface area contributed by atoms with Gasteiger partial charge in [-0.2, -0.15) is 0 Å². The van der Waals surface area contributed by atoms with Crippen LogP contribution >= 0.6 is 0 Å². The number of aliphatic hydroxyl groups excluding tert-OH is 1. The van der Waals surface area contributed by atoms with E-state index in [1.54, 1.807) is 6.92 Å². The van der Waals surface area contributed by atoms with E-state index in [9.17, 15) is 9.90 Å². The Morgan fingerprint density at radius 2 is 2.29 bits per heavy atom. The van der Waals surface area contributed by atoms with Gasteiger partial charge in [-0.3, -0.25) is 4.79 Å². The molecule has 2 aliphatic rings. The fourth-order valence-corrected chi connectivity index (χ4v) is 3.27. The number of ether oxygens (including phenoxy) is 1. The standard InChI is InChI=1S/C13H23NO3/c1-2-17-13(16)7-11(15)8-14-12-6-9-3-4-10(12)5-9/h9-12,14-15H,2-8H2,1H3. The number of hydrogen-bond donors (Lipinski definition) is 2. The van der Waals surface area contributed by atoms with Crippen LogP contribution in [0, 0.1) is 11.8 Å². The highest BCUT2D eigenvalue weighted by Gasteiger charge is 2.39. The Morgan fingerprint density at radius 1 is 1.47 bits per heavy atom. The third-order valence-corrected chi connectivity index (χ3v) is 4.06. The number of carbonyl (C=O) groups is 1. The van der Waals surface area contributed by atoms with Gasteiger partial charge in [-0.25, -0.2) is 0 Å². The molecule has 2 fully saturated rings. The van der Waals surface area contributed by atoms with Crippen LogP contribution in [0.4, 0.5) is 0 Å². The minimum absolute atomic E-state index is 0.0989. The van der Waals surface area contributed by atoms with Gasteiger partial charge in [0.25, 0.3) is 0 Å². The van der Waals surface area contributed by atoms with Gasteiger partial charge in [-0.1, -0.05) is 6.42 Å². The molecule has 4 heteroatoms. The maximum atomic E-state index is 11.2. The monoisotopic (exact) mass is 241 g/mol. The summed E-state index contributed by atoms with van der Waals surface area (Å²) in [7, 11) is 0. The summed E-state index contributed by atoms with van der Waals surface area (Å²) < 4.78 is 4.81. The maximum Gasteiger partial charge on any atom is 0.308 e. The van der Waals surface area contributed by atoms with Gasteiger partial charge in [0.05, 0.1) is 19.1 Å². The highest BCUT2D eigenvalue weighted by atomic mass is 16.5. The molecule has 0 aromatic rings. The first kappa shape index (κ1) is 12.8. The lowest BCUT2D eigenvalue weighted by Crippen LogP contribution is -2.39. The van der Waals surface area contributed by atoms with Gasteiger partial charge in [0.1, 0.15) is 0 Å². The molecule has 2 saturated carbocycles. The Bertz CT molecular complexity index is 269. The van der Waals surface area contributed by atoms with Crippen molar-refractivity contribution < 1.29 is 14.6 Å². The molecule has 0 aromatic carbocycles. The second-order valence-electron chi connectivity index (χ2n) is 5.35. The first-order valence-electron chi connectivity index (χ1n) is 6.76. The van der Waals surface area contributed by atoms with Crippen LogP contribution in [0.1, 0.15) is 39.0 Å². The van der Waals surface area contributed by atoms with E-state index in [-0.39, 0.29) is 12.4 Å². The number of carbonyl (C=O) groups excluding carboxylic acids is 1. The van der Waals surface area contributed by atoms with Gasteiger partial charge >= 0.3 is 5.97 Å². The summed E-state index contributed by atoms with van der Waals surface area (Å²) in [6, 6.07) is 0.561. The van der Waals surface area contributed by atoms with Gasteiger partial charge in [0.2, 0.25) is 0 Å². The van der Waals surface area contributed by atoms with Crippen molar-refractivity contribution in [1.29, 1.82) is 0 Å². The number of esters is 1. The summed E-state index contributed by atoms with van der Waals surface area (Å²) in [5.41, 5.74) is 0. The zero-order chi connectivity index (χ0) is 12.3. The van der Waals surface area contributed by atoms with Gasteiger partial charge in [-0.15, -0.1) is 0 Å². The summed E-state index contributed by atoms with van der Waals surface area (Å²) in [6.45, 7) is 2.66. The largest absolute Gasteiger partial charge is 0.466 e. The lowest BCUT2D eigenvalue weighted by atomic mass is 9.95. The second kappa shape index (κ2) is 5.83. The van der Waals surface area contributed by atoms with Crippen molar-refractivity contribution >= 4 is 5.97 Å². The Labute approximate surface area is 103 Å². The number of aliphatic hydroxyl groups is 1. The van der Waals surface area contributed by atoms with Crippen molar-refractivity contribution in [1.82, 2.24) is 5.32 Å². The van der Waals surface area contributed by atoms with Crippen LogP contribution in [-0.4, -0.2) is 36.4 Å². The smallest absolute Gasteiger partial charge is 0.308 e. The fourth-order valence-electron chi connectivity index (χ4n) is 3.27. The van der Waals surface area contributed by atoms with E-state index < -0.39 is 6.10 Å². The van der Waals surface area contributed by atoms with Crippen molar-refractivity contribution in [2.45, 2.75) is 51.2 Å². The summed E-state index contributed by atoms with van der Waals surface area (Å²) in [6.07, 6.45) is 4.79. The van der Waals surface area contributed by atoms with Crippen molar-refractivity contribution in [2.75, 3.05) is 13.2 Å². The predicted molar refractivity (Wildman–Crippen MR) is 64.5 cm³/mol. The van der Waals surface area contributed by atoms with Crippen LogP contribution in [0.5, 0.6) is 0 Å². The Morgan fingerprint density at radius 3 is 2.88 bits per heavy atom.